The highest BCUT2D eigenvalue weighted by Gasteiger charge is 2.52. The highest BCUT2D eigenvalue weighted by atomic mass is 35.5. The molecule has 196 valence electrons. The average molecular weight is 550 g/mol. The Balaban J connectivity index is 1.42. The van der Waals surface area contributed by atoms with Gasteiger partial charge in [0, 0.05) is 22.4 Å². The van der Waals surface area contributed by atoms with Crippen LogP contribution in [0.15, 0.2) is 60.7 Å². The van der Waals surface area contributed by atoms with Gasteiger partial charge >= 0.3 is 7.12 Å². The Kier molecular flexibility index (Phi) is 6.23. The predicted molar refractivity (Wildman–Crippen MR) is 154 cm³/mol. The van der Waals surface area contributed by atoms with Crippen LogP contribution in [-0.4, -0.2) is 30.0 Å². The SMILES string of the molecule is COc1cccc(CCC2Oc3cc(B4OC(C)(C)C(C)(C)O4)ccc3-c3c(Cl)c4cc(Cl)ccc4n32)c1. The van der Waals surface area contributed by atoms with E-state index in [9.17, 15) is 0 Å². The number of fused-ring (bicyclic) bond motifs is 5. The molecule has 3 aromatic carbocycles. The van der Waals surface area contributed by atoms with Crippen molar-refractivity contribution in [3.05, 3.63) is 76.3 Å². The van der Waals surface area contributed by atoms with Gasteiger partial charge in [0.2, 0.25) is 0 Å². The minimum Gasteiger partial charge on any atom is -0.497 e. The Morgan fingerprint density at radius 3 is 2.45 bits per heavy atom. The summed E-state index contributed by atoms with van der Waals surface area (Å²) in [5, 5.41) is 2.22. The minimum atomic E-state index is -0.480. The number of methoxy groups -OCH3 is 1. The van der Waals surface area contributed by atoms with Gasteiger partial charge in [0.15, 0.2) is 6.23 Å². The molecule has 0 N–H and O–H groups in total. The van der Waals surface area contributed by atoms with Crippen LogP contribution in [0.2, 0.25) is 10.0 Å². The number of benzene rings is 3. The molecule has 5 nitrogen and oxygen atoms in total. The standard InChI is InChI=1S/C30H30BCl2NO4/c1-29(2)30(3,4)38-31(37-29)19-10-12-22-25(16-19)36-26(14-9-18-7-6-8-21(15-18)35-5)34-24-13-11-20(32)17-23(24)27(33)28(22)34/h6-8,10-13,15-17,26H,9,14H2,1-5H3. The zero-order valence-electron chi connectivity index (χ0n) is 22.2. The number of rotatable bonds is 5. The minimum absolute atomic E-state index is 0.270. The van der Waals surface area contributed by atoms with E-state index in [0.717, 1.165) is 52.0 Å². The van der Waals surface area contributed by atoms with Crippen molar-refractivity contribution in [1.82, 2.24) is 4.57 Å². The van der Waals surface area contributed by atoms with Crippen molar-refractivity contribution in [2.75, 3.05) is 7.11 Å². The van der Waals surface area contributed by atoms with E-state index in [1.807, 2.05) is 48.5 Å². The van der Waals surface area contributed by atoms with Gasteiger partial charge in [-0.3, -0.25) is 0 Å². The Morgan fingerprint density at radius 2 is 1.71 bits per heavy atom. The largest absolute Gasteiger partial charge is 0.497 e. The van der Waals surface area contributed by atoms with Gasteiger partial charge < -0.3 is 23.3 Å². The molecule has 0 radical (unpaired) electrons. The molecule has 1 fully saturated rings. The molecular formula is C30H30BCl2NO4. The quantitative estimate of drug-likeness (QED) is 0.242. The summed E-state index contributed by atoms with van der Waals surface area (Å²) < 4.78 is 27.0. The lowest BCUT2D eigenvalue weighted by molar-refractivity contribution is 0.00578. The zero-order valence-corrected chi connectivity index (χ0v) is 23.7. The van der Waals surface area contributed by atoms with Crippen LogP contribution in [-0.2, 0) is 15.7 Å². The number of aryl methyl sites for hydroxylation is 1. The van der Waals surface area contributed by atoms with Gasteiger partial charge in [-0.15, -0.1) is 0 Å². The van der Waals surface area contributed by atoms with E-state index >= 15 is 0 Å². The predicted octanol–water partition coefficient (Wildman–Crippen LogP) is 7.45. The lowest BCUT2D eigenvalue weighted by Crippen LogP contribution is -2.41. The van der Waals surface area contributed by atoms with Gasteiger partial charge in [-0.1, -0.05) is 41.4 Å². The van der Waals surface area contributed by atoms with Crippen molar-refractivity contribution in [3.63, 3.8) is 0 Å². The van der Waals surface area contributed by atoms with Crippen LogP contribution in [0.3, 0.4) is 0 Å². The fraction of sp³-hybridized carbons (Fsp3) is 0.333. The van der Waals surface area contributed by atoms with Crippen molar-refractivity contribution >= 4 is 46.7 Å². The van der Waals surface area contributed by atoms with Gasteiger partial charge in [0.05, 0.1) is 34.5 Å². The third kappa shape index (κ3) is 4.19. The summed E-state index contributed by atoms with van der Waals surface area (Å²) in [5.74, 6) is 1.60. The first-order valence-electron chi connectivity index (χ1n) is 12.9. The Hall–Kier alpha value is -2.64. The summed E-state index contributed by atoms with van der Waals surface area (Å²) in [6.07, 6.45) is 1.27. The maximum atomic E-state index is 7.04. The van der Waals surface area contributed by atoms with Crippen LogP contribution in [0, 0.1) is 0 Å². The second kappa shape index (κ2) is 9.23. The van der Waals surface area contributed by atoms with Crippen molar-refractivity contribution in [3.8, 4) is 22.8 Å². The smallest absolute Gasteiger partial charge is 0.494 e. The first-order valence-corrected chi connectivity index (χ1v) is 13.6. The second-order valence-corrected chi connectivity index (χ2v) is 11.8. The fourth-order valence-corrected chi connectivity index (χ4v) is 5.77. The molecule has 1 saturated heterocycles. The molecule has 0 bridgehead atoms. The monoisotopic (exact) mass is 549 g/mol. The van der Waals surface area contributed by atoms with Gasteiger partial charge in [0.1, 0.15) is 11.5 Å². The van der Waals surface area contributed by atoms with Crippen LogP contribution in [0.4, 0.5) is 0 Å². The number of hydrogen-bond donors (Lipinski definition) is 0. The molecular weight excluding hydrogens is 520 g/mol. The Bertz CT molecular complexity index is 1530. The van der Waals surface area contributed by atoms with E-state index in [0.29, 0.717) is 10.0 Å². The average Bonchev–Trinajstić information content (AvgIpc) is 3.30. The molecule has 3 heterocycles. The molecule has 8 heteroatoms. The van der Waals surface area contributed by atoms with Crippen LogP contribution in [0.5, 0.6) is 11.5 Å². The number of hydrogen-bond acceptors (Lipinski definition) is 4. The number of nitrogens with zero attached hydrogens (tertiary/aromatic N) is 1. The summed E-state index contributed by atoms with van der Waals surface area (Å²) in [5.41, 5.74) is 4.09. The molecule has 0 saturated carbocycles. The number of ether oxygens (including phenoxy) is 2. The van der Waals surface area contributed by atoms with E-state index in [2.05, 4.69) is 44.4 Å². The molecule has 1 aromatic heterocycles. The third-order valence-electron chi connectivity index (χ3n) is 8.05. The normalized spacial score (nSPS) is 19.2. The summed E-state index contributed by atoms with van der Waals surface area (Å²) in [6, 6.07) is 20.1. The van der Waals surface area contributed by atoms with Crippen molar-refractivity contribution in [2.45, 2.75) is 58.0 Å². The van der Waals surface area contributed by atoms with Crippen LogP contribution in [0.1, 0.15) is 45.9 Å². The molecule has 4 aromatic rings. The van der Waals surface area contributed by atoms with Gasteiger partial charge in [-0.05, 0) is 87.6 Å². The van der Waals surface area contributed by atoms with Crippen molar-refractivity contribution in [2.24, 2.45) is 0 Å². The number of aromatic nitrogens is 1. The Labute approximate surface area is 233 Å². The van der Waals surface area contributed by atoms with Crippen LogP contribution >= 0.6 is 23.2 Å². The van der Waals surface area contributed by atoms with E-state index in [4.69, 9.17) is 42.0 Å². The van der Waals surface area contributed by atoms with E-state index in [1.54, 1.807) is 7.11 Å². The maximum Gasteiger partial charge on any atom is 0.494 e. The molecule has 1 unspecified atom stereocenters. The first-order chi connectivity index (χ1) is 18.1. The van der Waals surface area contributed by atoms with Gasteiger partial charge in [-0.25, -0.2) is 0 Å². The Morgan fingerprint density at radius 1 is 0.947 bits per heavy atom. The highest BCUT2D eigenvalue weighted by molar-refractivity contribution is 6.62. The summed E-state index contributed by atoms with van der Waals surface area (Å²) in [7, 11) is 1.20. The second-order valence-electron chi connectivity index (χ2n) is 11.0. The molecule has 2 aliphatic heterocycles. The molecule has 0 aliphatic carbocycles. The highest BCUT2D eigenvalue weighted by Crippen LogP contribution is 2.48. The van der Waals surface area contributed by atoms with Gasteiger partial charge in [-0.2, -0.15) is 0 Å². The van der Waals surface area contributed by atoms with Crippen LogP contribution in [0.25, 0.3) is 22.2 Å². The molecule has 38 heavy (non-hydrogen) atoms. The lowest BCUT2D eigenvalue weighted by atomic mass is 9.78. The third-order valence-corrected chi connectivity index (χ3v) is 8.67. The topological polar surface area (TPSA) is 41.9 Å². The summed E-state index contributed by atoms with van der Waals surface area (Å²) >= 11 is 13.4. The maximum absolute atomic E-state index is 7.04. The molecule has 1 atom stereocenters. The van der Waals surface area contributed by atoms with Gasteiger partial charge in [0.25, 0.3) is 0 Å². The molecule has 0 amide bonds. The molecule has 0 spiro atoms. The van der Waals surface area contributed by atoms with Crippen molar-refractivity contribution in [1.29, 1.82) is 0 Å². The van der Waals surface area contributed by atoms with E-state index in [1.165, 1.54) is 5.56 Å². The fourth-order valence-electron chi connectivity index (χ4n) is 5.26. The molecule has 2 aliphatic rings. The van der Waals surface area contributed by atoms with Crippen molar-refractivity contribution < 1.29 is 18.8 Å². The van der Waals surface area contributed by atoms with E-state index in [-0.39, 0.29) is 6.23 Å². The number of halogens is 2. The summed E-state index contributed by atoms with van der Waals surface area (Å²) in [4.78, 5) is 0. The lowest BCUT2D eigenvalue weighted by Gasteiger charge is -2.32. The van der Waals surface area contributed by atoms with E-state index < -0.39 is 18.3 Å². The molecule has 6 rings (SSSR count). The van der Waals surface area contributed by atoms with Crippen LogP contribution < -0.4 is 14.9 Å². The first kappa shape index (κ1) is 25.6. The zero-order chi connectivity index (χ0) is 26.8. The summed E-state index contributed by atoms with van der Waals surface area (Å²) in [6.45, 7) is 8.22.